The van der Waals surface area contributed by atoms with E-state index in [1.165, 1.54) is 23.2 Å². The maximum atomic E-state index is 13.3. The van der Waals surface area contributed by atoms with Crippen molar-refractivity contribution >= 4 is 6.47 Å². The van der Waals surface area contributed by atoms with Crippen LogP contribution in [0.15, 0.2) is 35.1 Å². The SMILES string of the molecule is O=CO.O=c1c(CN2CCOCC2)ccc2n1C[C@H]1C[C@@H]2CN(Cc2ccc3c(c2)CCO3)C1. The lowest BCUT2D eigenvalue weighted by molar-refractivity contribution is -0.122. The molecule has 1 N–H and O–H groups in total. The van der Waals surface area contributed by atoms with Gasteiger partial charge in [-0.05, 0) is 35.6 Å². The smallest absolute Gasteiger partial charge is 0.290 e. The molecule has 0 aliphatic carbocycles. The third-order valence-corrected chi connectivity index (χ3v) is 7.42. The maximum absolute atomic E-state index is 13.3. The lowest BCUT2D eigenvalue weighted by atomic mass is 9.82. The standard InChI is InChI=1S/C25H31N3O3.CH2O2/c29-25-21(16-26-6-9-30-10-7-26)2-3-23-22-12-19(15-28(23)25)14-27(17-22)13-18-1-4-24-20(11-18)5-8-31-24;2-1-3/h1-4,11,19,22H,5-10,12-17H2;1H,(H,2,3)/t19-,22+;/m0./s1. The quantitative estimate of drug-likeness (QED) is 0.688. The first-order valence-corrected chi connectivity index (χ1v) is 12.2. The van der Waals surface area contributed by atoms with Gasteiger partial charge in [-0.1, -0.05) is 18.2 Å². The molecule has 2 atom stereocenters. The van der Waals surface area contributed by atoms with Crippen molar-refractivity contribution < 1.29 is 19.4 Å². The Bertz CT molecular complexity index is 1080. The van der Waals surface area contributed by atoms with E-state index in [4.69, 9.17) is 19.4 Å². The number of morpholine rings is 1. The molecule has 4 aliphatic rings. The molecular formula is C26H33N3O5. The molecule has 0 spiro atoms. The van der Waals surface area contributed by atoms with Gasteiger partial charge in [-0.25, -0.2) is 0 Å². The highest BCUT2D eigenvalue weighted by Crippen LogP contribution is 2.36. The molecule has 5 heterocycles. The average Bonchev–Trinajstić information content (AvgIpc) is 3.30. The van der Waals surface area contributed by atoms with E-state index in [0.29, 0.717) is 11.8 Å². The van der Waals surface area contributed by atoms with Crippen LogP contribution in [-0.2, 0) is 35.6 Å². The van der Waals surface area contributed by atoms with E-state index in [9.17, 15) is 4.79 Å². The summed E-state index contributed by atoms with van der Waals surface area (Å²) in [5.74, 6) is 2.07. The number of hydrogen-bond acceptors (Lipinski definition) is 6. The Morgan fingerprint density at radius 3 is 2.65 bits per heavy atom. The minimum absolute atomic E-state index is 0.228. The molecular weight excluding hydrogens is 434 g/mol. The Kier molecular flexibility index (Phi) is 6.99. The first-order valence-electron chi connectivity index (χ1n) is 12.2. The minimum Gasteiger partial charge on any atom is -0.493 e. The molecule has 182 valence electrons. The molecule has 8 nitrogen and oxygen atoms in total. The predicted molar refractivity (Wildman–Crippen MR) is 127 cm³/mol. The van der Waals surface area contributed by atoms with E-state index in [0.717, 1.165) is 83.4 Å². The number of ether oxygens (including phenoxy) is 2. The number of nitrogens with zero attached hydrogens (tertiary/aromatic N) is 3. The number of rotatable bonds is 4. The molecule has 2 aromatic rings. The minimum atomic E-state index is -0.250. The van der Waals surface area contributed by atoms with Gasteiger partial charge in [-0.2, -0.15) is 0 Å². The molecule has 0 amide bonds. The molecule has 8 heteroatoms. The average molecular weight is 468 g/mol. The van der Waals surface area contributed by atoms with Crippen LogP contribution in [-0.4, -0.2) is 71.9 Å². The van der Waals surface area contributed by atoms with E-state index in [-0.39, 0.29) is 12.0 Å². The lowest BCUT2D eigenvalue weighted by Crippen LogP contribution is -2.47. The molecule has 34 heavy (non-hydrogen) atoms. The summed E-state index contributed by atoms with van der Waals surface area (Å²) >= 11 is 0. The highest BCUT2D eigenvalue weighted by atomic mass is 16.5. The number of piperidine rings is 1. The Labute approximate surface area is 199 Å². The Morgan fingerprint density at radius 1 is 1.00 bits per heavy atom. The molecule has 2 bridgehead atoms. The van der Waals surface area contributed by atoms with Crippen LogP contribution < -0.4 is 10.3 Å². The number of carboxylic acid groups (broad SMARTS) is 1. The van der Waals surface area contributed by atoms with Crippen LogP contribution in [0.1, 0.15) is 34.7 Å². The fourth-order valence-electron chi connectivity index (χ4n) is 5.94. The van der Waals surface area contributed by atoms with E-state index in [1.807, 2.05) is 0 Å². The second-order valence-electron chi connectivity index (χ2n) is 9.73. The van der Waals surface area contributed by atoms with E-state index < -0.39 is 0 Å². The van der Waals surface area contributed by atoms with Crippen molar-refractivity contribution in [3.63, 3.8) is 0 Å². The van der Waals surface area contributed by atoms with Crippen LogP contribution in [0.25, 0.3) is 0 Å². The zero-order chi connectivity index (χ0) is 23.5. The van der Waals surface area contributed by atoms with Crippen LogP contribution in [0.4, 0.5) is 0 Å². The first kappa shape index (κ1) is 23.1. The number of fused-ring (bicyclic) bond motifs is 5. The second kappa shape index (κ2) is 10.3. The molecule has 4 aliphatic heterocycles. The van der Waals surface area contributed by atoms with E-state index in [1.54, 1.807) is 0 Å². The van der Waals surface area contributed by atoms with Gasteiger partial charge in [0.15, 0.2) is 0 Å². The van der Waals surface area contributed by atoms with Crippen molar-refractivity contribution in [2.45, 2.75) is 38.4 Å². The largest absolute Gasteiger partial charge is 0.493 e. The summed E-state index contributed by atoms with van der Waals surface area (Å²) in [5.41, 5.74) is 5.12. The maximum Gasteiger partial charge on any atom is 0.290 e. The topological polar surface area (TPSA) is 84.2 Å². The highest BCUT2D eigenvalue weighted by Gasteiger charge is 2.35. The molecule has 1 aromatic heterocycles. The molecule has 0 unspecified atom stereocenters. The number of carbonyl (C=O) groups is 1. The summed E-state index contributed by atoms with van der Waals surface area (Å²) in [4.78, 5) is 26.6. The van der Waals surface area contributed by atoms with Crippen molar-refractivity contribution in [2.24, 2.45) is 5.92 Å². The van der Waals surface area contributed by atoms with Gasteiger partial charge >= 0.3 is 0 Å². The van der Waals surface area contributed by atoms with Gasteiger partial charge in [0.1, 0.15) is 5.75 Å². The summed E-state index contributed by atoms with van der Waals surface area (Å²) in [7, 11) is 0. The van der Waals surface area contributed by atoms with Crippen molar-refractivity contribution in [2.75, 3.05) is 46.0 Å². The Balaban J connectivity index is 0.000000764. The number of aromatic nitrogens is 1. The summed E-state index contributed by atoms with van der Waals surface area (Å²) in [5, 5.41) is 6.89. The first-order chi connectivity index (χ1) is 16.6. The number of pyridine rings is 1. The van der Waals surface area contributed by atoms with Crippen LogP contribution in [0.5, 0.6) is 5.75 Å². The van der Waals surface area contributed by atoms with Crippen LogP contribution >= 0.6 is 0 Å². The molecule has 2 fully saturated rings. The van der Waals surface area contributed by atoms with Crippen LogP contribution in [0.3, 0.4) is 0 Å². The lowest BCUT2D eigenvalue weighted by Gasteiger charge is -2.43. The molecule has 0 saturated carbocycles. The second-order valence-corrected chi connectivity index (χ2v) is 9.73. The third kappa shape index (κ3) is 4.89. The summed E-state index contributed by atoms with van der Waals surface area (Å²) in [6, 6.07) is 11.0. The van der Waals surface area contributed by atoms with Gasteiger partial charge in [0.05, 0.1) is 19.8 Å². The summed E-state index contributed by atoms with van der Waals surface area (Å²) in [6.45, 7) is 8.61. The van der Waals surface area contributed by atoms with Gasteiger partial charge in [-0.15, -0.1) is 0 Å². The van der Waals surface area contributed by atoms with Crippen molar-refractivity contribution in [1.29, 1.82) is 0 Å². The molecule has 1 aromatic carbocycles. The van der Waals surface area contributed by atoms with E-state index in [2.05, 4.69) is 44.7 Å². The normalized spacial score (nSPS) is 23.8. The zero-order valence-corrected chi connectivity index (χ0v) is 19.5. The number of likely N-dealkylation sites (tertiary alicyclic amines) is 1. The van der Waals surface area contributed by atoms with Gasteiger partial charge in [0.25, 0.3) is 12.0 Å². The van der Waals surface area contributed by atoms with Gasteiger partial charge < -0.3 is 19.1 Å². The number of hydrogen-bond donors (Lipinski definition) is 1. The van der Waals surface area contributed by atoms with Gasteiger partial charge in [0.2, 0.25) is 0 Å². The highest BCUT2D eigenvalue weighted by molar-refractivity contribution is 5.39. The van der Waals surface area contributed by atoms with Gasteiger partial charge in [0, 0.05) is 69.4 Å². The van der Waals surface area contributed by atoms with Crippen molar-refractivity contribution in [1.82, 2.24) is 14.4 Å². The Hall–Kier alpha value is -2.68. The molecule has 0 radical (unpaired) electrons. The Morgan fingerprint density at radius 2 is 1.82 bits per heavy atom. The van der Waals surface area contributed by atoms with Crippen LogP contribution in [0.2, 0.25) is 0 Å². The number of benzene rings is 1. The zero-order valence-electron chi connectivity index (χ0n) is 19.5. The summed E-state index contributed by atoms with van der Waals surface area (Å²) in [6.07, 6.45) is 2.23. The third-order valence-electron chi connectivity index (χ3n) is 7.42. The monoisotopic (exact) mass is 467 g/mol. The van der Waals surface area contributed by atoms with Crippen molar-refractivity contribution in [3.05, 3.63) is 63.1 Å². The van der Waals surface area contributed by atoms with Crippen molar-refractivity contribution in [3.8, 4) is 5.75 Å². The van der Waals surface area contributed by atoms with Gasteiger partial charge in [-0.3, -0.25) is 19.4 Å². The molecule has 2 saturated heterocycles. The predicted octanol–water partition coefficient (Wildman–Crippen LogP) is 1.94. The summed E-state index contributed by atoms with van der Waals surface area (Å²) < 4.78 is 13.2. The van der Waals surface area contributed by atoms with Crippen LogP contribution in [0, 0.1) is 5.92 Å². The van der Waals surface area contributed by atoms with E-state index >= 15 is 0 Å². The fourth-order valence-corrected chi connectivity index (χ4v) is 5.94. The fraction of sp³-hybridized carbons (Fsp3) is 0.538. The molecule has 6 rings (SSSR count).